The van der Waals surface area contributed by atoms with E-state index < -0.39 is 0 Å². The number of benzene rings is 2. The van der Waals surface area contributed by atoms with Crippen molar-refractivity contribution in [3.8, 4) is 11.1 Å². The van der Waals surface area contributed by atoms with Crippen LogP contribution in [0.1, 0.15) is 5.56 Å². The first-order chi connectivity index (χ1) is 9.90. The first-order valence-corrected chi connectivity index (χ1v) is 6.94. The third-order valence-electron chi connectivity index (χ3n) is 3.05. The topological polar surface area (TPSA) is 41.5 Å². The summed E-state index contributed by atoms with van der Waals surface area (Å²) in [7, 11) is 0. The number of hydrogen-bond acceptors (Lipinski definition) is 3. The highest BCUT2D eigenvalue weighted by Crippen LogP contribution is 2.18. The van der Waals surface area contributed by atoms with E-state index in [1.807, 2.05) is 6.07 Å². The molecule has 0 radical (unpaired) electrons. The normalized spacial score (nSPS) is 10.1. The van der Waals surface area contributed by atoms with Gasteiger partial charge in [0, 0.05) is 13.1 Å². The van der Waals surface area contributed by atoms with Gasteiger partial charge >= 0.3 is 0 Å². The lowest BCUT2D eigenvalue weighted by molar-refractivity contribution is 0.0938. The Hall–Kier alpha value is -1.39. The van der Waals surface area contributed by atoms with Gasteiger partial charge in [-0.05, 0) is 16.7 Å². The van der Waals surface area contributed by atoms with Gasteiger partial charge in [0.1, 0.15) is 0 Å². The monoisotopic (exact) mass is 307 g/mol. The van der Waals surface area contributed by atoms with Crippen molar-refractivity contribution in [2.75, 3.05) is 26.4 Å². The van der Waals surface area contributed by atoms with Crippen molar-refractivity contribution in [2.24, 2.45) is 0 Å². The molecule has 0 unspecified atom stereocenters. The number of ether oxygens (including phenoxy) is 1. The molecule has 0 heterocycles. The van der Waals surface area contributed by atoms with E-state index in [1.54, 1.807) is 0 Å². The molecule has 3 nitrogen and oxygen atoms in total. The van der Waals surface area contributed by atoms with E-state index in [9.17, 15) is 0 Å². The zero-order valence-electron chi connectivity index (χ0n) is 12.0. The molecule has 0 saturated carbocycles. The standard InChI is InChI=1S/C17H21NO2.ClH/c19-11-13-20-12-10-18-14-15-6-8-17(9-7-15)16-4-2-1-3-5-16;/h1-9,18-19H,10-14H2;1H. The van der Waals surface area contributed by atoms with E-state index in [-0.39, 0.29) is 19.0 Å². The van der Waals surface area contributed by atoms with Crippen LogP contribution in [-0.4, -0.2) is 31.5 Å². The maximum atomic E-state index is 8.58. The lowest BCUT2D eigenvalue weighted by Crippen LogP contribution is -2.19. The average Bonchev–Trinajstić information content (AvgIpc) is 2.52. The number of aliphatic hydroxyl groups is 1. The molecule has 0 aliphatic heterocycles. The Morgan fingerprint density at radius 3 is 2.19 bits per heavy atom. The first kappa shape index (κ1) is 17.7. The Bertz CT molecular complexity index is 488. The van der Waals surface area contributed by atoms with Gasteiger partial charge in [0.05, 0.1) is 19.8 Å². The van der Waals surface area contributed by atoms with Crippen molar-refractivity contribution in [2.45, 2.75) is 6.54 Å². The van der Waals surface area contributed by atoms with Crippen LogP contribution in [0, 0.1) is 0 Å². The quantitative estimate of drug-likeness (QED) is 0.737. The van der Waals surface area contributed by atoms with E-state index in [2.05, 4.69) is 53.8 Å². The Balaban J connectivity index is 0.00000220. The fraction of sp³-hybridized carbons (Fsp3) is 0.294. The summed E-state index contributed by atoms with van der Waals surface area (Å²) < 4.78 is 5.19. The number of rotatable bonds is 8. The first-order valence-electron chi connectivity index (χ1n) is 6.94. The molecule has 2 N–H and O–H groups in total. The summed E-state index contributed by atoms with van der Waals surface area (Å²) in [6.07, 6.45) is 0. The van der Waals surface area contributed by atoms with Gasteiger partial charge in [0.25, 0.3) is 0 Å². The molecular formula is C17H22ClNO2. The fourth-order valence-electron chi connectivity index (χ4n) is 1.99. The van der Waals surface area contributed by atoms with Gasteiger partial charge in [-0.25, -0.2) is 0 Å². The van der Waals surface area contributed by atoms with Crippen LogP contribution < -0.4 is 5.32 Å². The van der Waals surface area contributed by atoms with Gasteiger partial charge in [-0.2, -0.15) is 0 Å². The van der Waals surface area contributed by atoms with Crippen molar-refractivity contribution >= 4 is 12.4 Å². The summed E-state index contributed by atoms with van der Waals surface area (Å²) in [4.78, 5) is 0. The second kappa shape index (κ2) is 10.4. The Labute approximate surface area is 132 Å². The molecule has 21 heavy (non-hydrogen) atoms. The Morgan fingerprint density at radius 2 is 1.52 bits per heavy atom. The van der Waals surface area contributed by atoms with Gasteiger partial charge in [-0.3, -0.25) is 0 Å². The van der Waals surface area contributed by atoms with Gasteiger partial charge < -0.3 is 15.2 Å². The largest absolute Gasteiger partial charge is 0.394 e. The van der Waals surface area contributed by atoms with E-state index >= 15 is 0 Å². The molecule has 0 bridgehead atoms. The number of aliphatic hydroxyl groups excluding tert-OH is 1. The maximum Gasteiger partial charge on any atom is 0.0698 e. The van der Waals surface area contributed by atoms with Crippen LogP contribution in [0.5, 0.6) is 0 Å². The molecule has 4 heteroatoms. The van der Waals surface area contributed by atoms with E-state index in [0.29, 0.717) is 13.2 Å². The van der Waals surface area contributed by atoms with Gasteiger partial charge in [0.15, 0.2) is 0 Å². The van der Waals surface area contributed by atoms with E-state index in [4.69, 9.17) is 9.84 Å². The summed E-state index contributed by atoms with van der Waals surface area (Å²) in [5.41, 5.74) is 3.73. The number of hydrogen-bond donors (Lipinski definition) is 2. The third kappa shape index (κ3) is 6.27. The second-order valence-electron chi connectivity index (χ2n) is 4.58. The maximum absolute atomic E-state index is 8.58. The molecule has 0 fully saturated rings. The van der Waals surface area contributed by atoms with E-state index in [1.165, 1.54) is 16.7 Å². The zero-order chi connectivity index (χ0) is 14.0. The fourth-order valence-corrected chi connectivity index (χ4v) is 1.99. The van der Waals surface area contributed by atoms with Crippen molar-refractivity contribution in [3.05, 3.63) is 60.2 Å². The van der Waals surface area contributed by atoms with Crippen LogP contribution >= 0.6 is 12.4 Å². The molecule has 0 atom stereocenters. The number of nitrogens with one attached hydrogen (secondary N) is 1. The number of halogens is 1. The highest BCUT2D eigenvalue weighted by molar-refractivity contribution is 5.85. The van der Waals surface area contributed by atoms with Crippen molar-refractivity contribution in [1.29, 1.82) is 0 Å². The van der Waals surface area contributed by atoms with Crippen molar-refractivity contribution in [1.82, 2.24) is 5.32 Å². The van der Waals surface area contributed by atoms with Gasteiger partial charge in [-0.15, -0.1) is 12.4 Å². The van der Waals surface area contributed by atoms with Crippen molar-refractivity contribution in [3.63, 3.8) is 0 Å². The Morgan fingerprint density at radius 1 is 0.857 bits per heavy atom. The van der Waals surface area contributed by atoms with Crippen LogP contribution in [0.25, 0.3) is 11.1 Å². The summed E-state index contributed by atoms with van der Waals surface area (Å²) in [5.74, 6) is 0. The lowest BCUT2D eigenvalue weighted by Gasteiger charge is -2.07. The smallest absolute Gasteiger partial charge is 0.0698 e. The Kier molecular flexibility index (Phi) is 8.71. The zero-order valence-corrected chi connectivity index (χ0v) is 12.8. The summed E-state index contributed by atoms with van der Waals surface area (Å²) >= 11 is 0. The average molecular weight is 308 g/mol. The molecule has 0 spiro atoms. The SMILES string of the molecule is Cl.OCCOCCNCc1ccc(-c2ccccc2)cc1. The van der Waals surface area contributed by atoms with Crippen LogP contribution in [0.3, 0.4) is 0 Å². The molecule has 0 aromatic heterocycles. The molecule has 0 amide bonds. The van der Waals surface area contributed by atoms with Crippen LogP contribution in [0.15, 0.2) is 54.6 Å². The highest BCUT2D eigenvalue weighted by Gasteiger charge is 1.97. The highest BCUT2D eigenvalue weighted by atomic mass is 35.5. The molecule has 114 valence electrons. The molecular weight excluding hydrogens is 286 g/mol. The molecule has 2 rings (SSSR count). The second-order valence-corrected chi connectivity index (χ2v) is 4.58. The lowest BCUT2D eigenvalue weighted by atomic mass is 10.0. The molecule has 0 aliphatic carbocycles. The molecule has 0 saturated heterocycles. The van der Waals surface area contributed by atoms with Gasteiger partial charge in [0.2, 0.25) is 0 Å². The predicted octanol–water partition coefficient (Wildman–Crippen LogP) is 2.87. The van der Waals surface area contributed by atoms with Gasteiger partial charge in [-0.1, -0.05) is 54.6 Å². The third-order valence-corrected chi connectivity index (χ3v) is 3.05. The summed E-state index contributed by atoms with van der Waals surface area (Å²) in [5, 5.41) is 11.9. The minimum atomic E-state index is 0. The summed E-state index contributed by atoms with van der Waals surface area (Å²) in [6, 6.07) is 18.9. The van der Waals surface area contributed by atoms with Crippen LogP contribution in [0.2, 0.25) is 0 Å². The van der Waals surface area contributed by atoms with Crippen molar-refractivity contribution < 1.29 is 9.84 Å². The molecule has 2 aromatic rings. The van der Waals surface area contributed by atoms with Crippen LogP contribution in [0.4, 0.5) is 0 Å². The summed E-state index contributed by atoms with van der Waals surface area (Å²) in [6.45, 7) is 2.75. The van der Waals surface area contributed by atoms with Crippen LogP contribution in [-0.2, 0) is 11.3 Å². The predicted molar refractivity (Wildman–Crippen MR) is 88.7 cm³/mol. The minimum absolute atomic E-state index is 0. The molecule has 0 aliphatic rings. The minimum Gasteiger partial charge on any atom is -0.394 e. The molecule has 2 aromatic carbocycles. The van der Waals surface area contributed by atoms with E-state index in [0.717, 1.165) is 13.1 Å².